The molecule has 45 heavy (non-hydrogen) atoms. The van der Waals surface area contributed by atoms with Gasteiger partial charge >= 0.3 is 0 Å². The molecular weight excluding hydrogens is 593 g/mol. The summed E-state index contributed by atoms with van der Waals surface area (Å²) >= 11 is 0. The van der Waals surface area contributed by atoms with Crippen LogP contribution >= 0.6 is 0 Å². The fourth-order valence-corrected chi connectivity index (χ4v) is 6.27. The number of amides is 2. The minimum absolute atomic E-state index is 0.00393. The van der Waals surface area contributed by atoms with Gasteiger partial charge in [0, 0.05) is 24.6 Å². The maximum absolute atomic E-state index is 15.0. The number of hydrogen-bond acceptors (Lipinski definition) is 5. The van der Waals surface area contributed by atoms with Crippen molar-refractivity contribution in [3.05, 3.63) is 126 Å². The van der Waals surface area contributed by atoms with Crippen LogP contribution in [0.2, 0.25) is 0 Å². The van der Waals surface area contributed by atoms with E-state index in [0.717, 1.165) is 15.4 Å². The molecule has 4 aromatic rings. The van der Waals surface area contributed by atoms with Gasteiger partial charge in [-0.15, -0.1) is 0 Å². The highest BCUT2D eigenvalue weighted by Crippen LogP contribution is 2.27. The molecule has 8 nitrogen and oxygen atoms in total. The molecule has 0 unspecified atom stereocenters. The second kappa shape index (κ2) is 14.9. The van der Waals surface area contributed by atoms with E-state index in [2.05, 4.69) is 5.32 Å². The van der Waals surface area contributed by atoms with Crippen molar-refractivity contribution < 1.29 is 27.1 Å². The van der Waals surface area contributed by atoms with Gasteiger partial charge in [0.15, 0.2) is 0 Å². The predicted molar refractivity (Wildman–Crippen MR) is 173 cm³/mol. The molecule has 0 aromatic heterocycles. The Kier molecular flexibility index (Phi) is 11.0. The van der Waals surface area contributed by atoms with Crippen molar-refractivity contribution in [3.63, 3.8) is 0 Å². The van der Waals surface area contributed by atoms with E-state index in [1.165, 1.54) is 36.3 Å². The van der Waals surface area contributed by atoms with E-state index in [1.54, 1.807) is 62.4 Å². The molecule has 0 bridgehead atoms. The van der Waals surface area contributed by atoms with Gasteiger partial charge in [-0.1, -0.05) is 66.2 Å². The number of carbonyl (C=O) groups excluding carboxylic acids is 2. The Bertz CT molecular complexity index is 1700. The first-order valence-electron chi connectivity index (χ1n) is 14.6. The second-order valence-electron chi connectivity index (χ2n) is 11.0. The Balaban J connectivity index is 1.81. The van der Waals surface area contributed by atoms with Gasteiger partial charge in [-0.05, 0) is 68.8 Å². The van der Waals surface area contributed by atoms with Crippen molar-refractivity contribution in [2.75, 3.05) is 18.0 Å². The molecule has 4 rings (SSSR count). The van der Waals surface area contributed by atoms with Gasteiger partial charge in [-0.2, -0.15) is 0 Å². The first-order valence-corrected chi connectivity index (χ1v) is 16.0. The molecule has 0 radical (unpaired) electrons. The predicted octanol–water partition coefficient (Wildman–Crippen LogP) is 5.50. The number of aryl methyl sites for hydroxylation is 1. The lowest BCUT2D eigenvalue weighted by atomic mass is 10.0. The highest BCUT2D eigenvalue weighted by molar-refractivity contribution is 7.92. The second-order valence-corrected chi connectivity index (χ2v) is 12.9. The molecular formula is C35H38FN3O5S. The minimum atomic E-state index is -4.25. The third kappa shape index (κ3) is 8.48. The first-order chi connectivity index (χ1) is 21.5. The van der Waals surface area contributed by atoms with Gasteiger partial charge in [0.25, 0.3) is 10.0 Å². The van der Waals surface area contributed by atoms with Crippen molar-refractivity contribution in [3.8, 4) is 5.75 Å². The number of nitrogens with one attached hydrogen (secondary N) is 1. The van der Waals surface area contributed by atoms with Crippen molar-refractivity contribution >= 4 is 27.5 Å². The monoisotopic (exact) mass is 631 g/mol. The van der Waals surface area contributed by atoms with E-state index >= 15 is 4.39 Å². The van der Waals surface area contributed by atoms with Crippen LogP contribution in [-0.4, -0.2) is 50.9 Å². The number of anilines is 1. The molecule has 0 aliphatic rings. The molecule has 2 amide bonds. The van der Waals surface area contributed by atoms with E-state index in [-0.39, 0.29) is 35.2 Å². The normalized spacial score (nSPS) is 12.0. The standard InChI is InChI=1S/C35H38FN3O5S/c1-25(2)37-35(41)33(22-27-10-6-5-7-11-27)38(23-28-12-8-9-13-32(28)36)34(40)24-39(29-16-18-30(44-4)19-17-29)45(42,43)31-20-14-26(3)15-21-31/h5-21,25,33H,22-24H2,1-4H3,(H,37,41)/t33-/m1/s1. The zero-order valence-electron chi connectivity index (χ0n) is 25.8. The lowest BCUT2D eigenvalue weighted by Crippen LogP contribution is -2.54. The van der Waals surface area contributed by atoms with Crippen LogP contribution in [0.25, 0.3) is 0 Å². The van der Waals surface area contributed by atoms with Crippen LogP contribution in [0.3, 0.4) is 0 Å². The Labute approximate surface area is 264 Å². The molecule has 1 N–H and O–H groups in total. The maximum atomic E-state index is 15.0. The number of sulfonamides is 1. The average Bonchev–Trinajstić information content (AvgIpc) is 3.02. The molecule has 4 aromatic carbocycles. The highest BCUT2D eigenvalue weighted by atomic mass is 32.2. The zero-order chi connectivity index (χ0) is 32.6. The highest BCUT2D eigenvalue weighted by Gasteiger charge is 2.35. The van der Waals surface area contributed by atoms with E-state index in [9.17, 15) is 18.0 Å². The van der Waals surface area contributed by atoms with Crippen LogP contribution in [0.15, 0.2) is 108 Å². The van der Waals surface area contributed by atoms with E-state index < -0.39 is 40.2 Å². The Morgan fingerprint density at radius 1 is 0.867 bits per heavy atom. The van der Waals surface area contributed by atoms with Crippen LogP contribution in [0.5, 0.6) is 5.75 Å². The molecule has 236 valence electrons. The topological polar surface area (TPSA) is 96.0 Å². The quantitative estimate of drug-likeness (QED) is 0.210. The van der Waals surface area contributed by atoms with Gasteiger partial charge in [0.1, 0.15) is 24.2 Å². The number of nitrogens with zero attached hydrogens (tertiary/aromatic N) is 2. The summed E-state index contributed by atoms with van der Waals surface area (Å²) in [5.74, 6) is -1.15. The first kappa shape index (κ1) is 33.2. The SMILES string of the molecule is COc1ccc(N(CC(=O)N(Cc2ccccc2F)[C@H](Cc2ccccc2)C(=O)NC(C)C)S(=O)(=O)c2ccc(C)cc2)cc1. The van der Waals surface area contributed by atoms with Crippen molar-refractivity contribution in [1.29, 1.82) is 0 Å². The number of halogens is 1. The summed E-state index contributed by atoms with van der Waals surface area (Å²) in [4.78, 5) is 29.4. The fourth-order valence-electron chi connectivity index (χ4n) is 4.86. The van der Waals surface area contributed by atoms with Gasteiger partial charge < -0.3 is 15.0 Å². The summed E-state index contributed by atoms with van der Waals surface area (Å²) in [6, 6.07) is 26.5. The summed E-state index contributed by atoms with van der Waals surface area (Å²) < 4.78 is 49.4. The Morgan fingerprint density at radius 2 is 1.49 bits per heavy atom. The number of ether oxygens (including phenoxy) is 1. The zero-order valence-corrected chi connectivity index (χ0v) is 26.6. The third-order valence-corrected chi connectivity index (χ3v) is 9.04. The van der Waals surface area contributed by atoms with E-state index in [4.69, 9.17) is 4.74 Å². The largest absolute Gasteiger partial charge is 0.497 e. The number of benzene rings is 4. The van der Waals surface area contributed by atoms with Gasteiger partial charge in [-0.3, -0.25) is 13.9 Å². The van der Waals surface area contributed by atoms with Gasteiger partial charge in [0.05, 0.1) is 17.7 Å². The average molecular weight is 632 g/mol. The van der Waals surface area contributed by atoms with E-state index in [1.807, 2.05) is 37.3 Å². The summed E-state index contributed by atoms with van der Waals surface area (Å²) in [5, 5.41) is 2.89. The molecule has 0 aliphatic heterocycles. The number of carbonyl (C=O) groups is 2. The van der Waals surface area contributed by atoms with Crippen LogP contribution in [-0.2, 0) is 32.6 Å². The third-order valence-electron chi connectivity index (χ3n) is 7.25. The smallest absolute Gasteiger partial charge is 0.264 e. The molecule has 0 saturated heterocycles. The number of methoxy groups -OCH3 is 1. The van der Waals surface area contributed by atoms with Crippen LogP contribution in [0, 0.1) is 12.7 Å². The Morgan fingerprint density at radius 3 is 2.09 bits per heavy atom. The van der Waals surface area contributed by atoms with Crippen LogP contribution in [0.1, 0.15) is 30.5 Å². The summed E-state index contributed by atoms with van der Waals surface area (Å²) in [6.45, 7) is 4.56. The molecule has 0 saturated carbocycles. The van der Waals surface area contributed by atoms with Crippen molar-refractivity contribution in [2.24, 2.45) is 0 Å². The summed E-state index contributed by atoms with van der Waals surface area (Å²) in [5.41, 5.74) is 2.07. The van der Waals surface area contributed by atoms with Crippen LogP contribution < -0.4 is 14.4 Å². The number of hydrogen-bond donors (Lipinski definition) is 1. The van der Waals surface area contributed by atoms with Crippen molar-refractivity contribution in [1.82, 2.24) is 10.2 Å². The van der Waals surface area contributed by atoms with Crippen molar-refractivity contribution in [2.45, 2.75) is 50.7 Å². The van der Waals surface area contributed by atoms with E-state index in [0.29, 0.717) is 5.75 Å². The molecule has 0 heterocycles. The summed E-state index contributed by atoms with van der Waals surface area (Å²) in [7, 11) is -2.76. The fraction of sp³-hybridized carbons (Fsp3) is 0.257. The minimum Gasteiger partial charge on any atom is -0.497 e. The molecule has 0 aliphatic carbocycles. The lowest BCUT2D eigenvalue weighted by molar-refractivity contribution is -0.140. The summed E-state index contributed by atoms with van der Waals surface area (Å²) in [6.07, 6.45) is 0.132. The maximum Gasteiger partial charge on any atom is 0.264 e. The molecule has 0 spiro atoms. The number of rotatable bonds is 13. The lowest BCUT2D eigenvalue weighted by Gasteiger charge is -2.34. The van der Waals surface area contributed by atoms with Crippen LogP contribution in [0.4, 0.5) is 10.1 Å². The molecule has 0 fully saturated rings. The molecule has 1 atom stereocenters. The van der Waals surface area contributed by atoms with Gasteiger partial charge in [0.2, 0.25) is 11.8 Å². The van der Waals surface area contributed by atoms with Gasteiger partial charge in [-0.25, -0.2) is 12.8 Å². The Hall–Kier alpha value is -4.70. The molecule has 10 heteroatoms.